The van der Waals surface area contributed by atoms with E-state index in [1.165, 1.54) is 9.80 Å². The third-order valence-electron chi connectivity index (χ3n) is 6.99. The number of benzene rings is 2. The quantitative estimate of drug-likeness (QED) is 0.546. The van der Waals surface area contributed by atoms with Crippen LogP contribution < -0.4 is 9.64 Å². The van der Waals surface area contributed by atoms with Crippen LogP contribution in [0.3, 0.4) is 0 Å². The Morgan fingerprint density at radius 2 is 1.59 bits per heavy atom. The summed E-state index contributed by atoms with van der Waals surface area (Å²) in [6.45, 7) is 3.57. The lowest BCUT2D eigenvalue weighted by atomic mass is 9.80. The Bertz CT molecular complexity index is 1130. The minimum absolute atomic E-state index is 0.223. The Morgan fingerprint density at radius 1 is 0.938 bits per heavy atom. The smallest absolute Gasteiger partial charge is 0.332 e. The summed E-state index contributed by atoms with van der Waals surface area (Å²) in [7, 11) is 1.55. The number of rotatable bonds is 4. The van der Waals surface area contributed by atoms with Gasteiger partial charge in [0, 0.05) is 6.54 Å². The van der Waals surface area contributed by atoms with Gasteiger partial charge in [0.05, 0.1) is 30.7 Å². The minimum Gasteiger partial charge on any atom is -0.497 e. The number of carbonyl (C=O) groups excluding carboxylic acids is 4. The van der Waals surface area contributed by atoms with E-state index in [-0.39, 0.29) is 12.5 Å². The van der Waals surface area contributed by atoms with Gasteiger partial charge in [-0.25, -0.2) is 9.69 Å². The van der Waals surface area contributed by atoms with Crippen LogP contribution in [0, 0.1) is 11.8 Å². The Balaban J connectivity index is 1.69. The molecule has 164 valence electrons. The van der Waals surface area contributed by atoms with Crippen LogP contribution in [0.15, 0.2) is 54.6 Å². The zero-order chi connectivity index (χ0) is 22.8. The number of hydrogen-bond donors (Lipinski definition) is 0. The van der Waals surface area contributed by atoms with Crippen molar-refractivity contribution < 1.29 is 23.9 Å². The maximum absolute atomic E-state index is 13.7. The fraction of sp³-hybridized carbons (Fsp3) is 0.333. The molecule has 32 heavy (non-hydrogen) atoms. The van der Waals surface area contributed by atoms with Crippen LogP contribution in [0.4, 0.5) is 10.5 Å². The van der Waals surface area contributed by atoms with E-state index in [0.29, 0.717) is 17.0 Å². The van der Waals surface area contributed by atoms with Gasteiger partial charge >= 0.3 is 6.03 Å². The number of anilines is 1. The predicted molar refractivity (Wildman–Crippen MR) is 115 cm³/mol. The summed E-state index contributed by atoms with van der Waals surface area (Å²) in [5.74, 6) is -2.35. The standard InChI is InChI=1S/C24H23N3O5/c1-4-25-20(28)17-18(21(25)29)24(2)22(30)26(15-8-6-5-7-9-15)23(31)27(24)19(17)14-10-12-16(32-3)13-11-14/h5-13,17-19H,4H2,1-3H3/t17-,18-,19-,24-/m1/s1. The molecule has 8 heteroatoms. The van der Waals surface area contributed by atoms with Crippen molar-refractivity contribution in [1.82, 2.24) is 9.80 Å². The lowest BCUT2D eigenvalue weighted by Crippen LogP contribution is -2.51. The number of imide groups is 2. The normalized spacial score (nSPS) is 29.1. The lowest BCUT2D eigenvalue weighted by molar-refractivity contribution is -0.143. The largest absolute Gasteiger partial charge is 0.497 e. The molecule has 5 rings (SSSR count). The van der Waals surface area contributed by atoms with Crippen LogP contribution in [0.25, 0.3) is 0 Å². The van der Waals surface area contributed by atoms with Crippen LogP contribution in [0.2, 0.25) is 0 Å². The molecule has 3 heterocycles. The van der Waals surface area contributed by atoms with Crippen LogP contribution in [-0.2, 0) is 14.4 Å². The minimum atomic E-state index is -1.46. The van der Waals surface area contributed by atoms with Crippen LogP contribution >= 0.6 is 0 Å². The number of carbonyl (C=O) groups is 4. The SMILES string of the molecule is CCN1C(=O)[C@H]2[C@@H](c3ccc(OC)cc3)N3C(=O)N(c4ccccc4)C(=O)[C@@]3(C)[C@H]2C1=O. The van der Waals surface area contributed by atoms with Crippen molar-refractivity contribution >= 4 is 29.4 Å². The number of ether oxygens (including phenoxy) is 1. The highest BCUT2D eigenvalue weighted by molar-refractivity contribution is 6.26. The van der Waals surface area contributed by atoms with E-state index >= 15 is 0 Å². The Kier molecular flexibility index (Phi) is 4.37. The molecule has 0 bridgehead atoms. The average molecular weight is 433 g/mol. The zero-order valence-electron chi connectivity index (χ0n) is 18.0. The first-order valence-corrected chi connectivity index (χ1v) is 10.6. The van der Waals surface area contributed by atoms with Gasteiger partial charge in [-0.3, -0.25) is 19.3 Å². The van der Waals surface area contributed by atoms with Gasteiger partial charge < -0.3 is 9.64 Å². The molecule has 4 atom stereocenters. The Morgan fingerprint density at radius 3 is 2.19 bits per heavy atom. The van der Waals surface area contributed by atoms with Crippen LogP contribution in [0.5, 0.6) is 5.75 Å². The summed E-state index contributed by atoms with van der Waals surface area (Å²) in [4.78, 5) is 57.8. The predicted octanol–water partition coefficient (Wildman–Crippen LogP) is 2.60. The van der Waals surface area contributed by atoms with E-state index in [9.17, 15) is 19.2 Å². The third kappa shape index (κ3) is 2.37. The molecule has 0 aromatic heterocycles. The number of hydrogen-bond acceptors (Lipinski definition) is 5. The number of methoxy groups -OCH3 is 1. The maximum Gasteiger partial charge on any atom is 0.332 e. The molecule has 8 nitrogen and oxygen atoms in total. The van der Waals surface area contributed by atoms with Gasteiger partial charge in [-0.15, -0.1) is 0 Å². The monoisotopic (exact) mass is 433 g/mol. The van der Waals surface area contributed by atoms with Gasteiger partial charge in [0.1, 0.15) is 11.3 Å². The molecule has 0 N–H and O–H groups in total. The maximum atomic E-state index is 13.7. The summed E-state index contributed by atoms with van der Waals surface area (Å²) in [6, 6.07) is 14.4. The first-order chi connectivity index (χ1) is 15.4. The first kappa shape index (κ1) is 20.2. The molecule has 0 unspecified atom stereocenters. The molecule has 3 aliphatic heterocycles. The topological polar surface area (TPSA) is 87.2 Å². The second kappa shape index (κ2) is 6.91. The van der Waals surface area contributed by atoms with Crippen LogP contribution in [0.1, 0.15) is 25.5 Å². The van der Waals surface area contributed by atoms with E-state index in [1.54, 1.807) is 75.6 Å². The van der Waals surface area contributed by atoms with E-state index in [2.05, 4.69) is 0 Å². The molecule has 0 spiro atoms. The summed E-state index contributed by atoms with van der Waals surface area (Å²) >= 11 is 0. The van der Waals surface area contributed by atoms with Crippen molar-refractivity contribution in [2.45, 2.75) is 25.4 Å². The number of nitrogens with zero attached hydrogens (tertiary/aromatic N) is 3. The van der Waals surface area contributed by atoms with E-state index in [0.717, 1.165) is 4.90 Å². The summed E-state index contributed by atoms with van der Waals surface area (Å²) in [5, 5.41) is 0. The highest BCUT2D eigenvalue weighted by atomic mass is 16.5. The van der Waals surface area contributed by atoms with Crippen molar-refractivity contribution in [3.8, 4) is 5.75 Å². The third-order valence-corrected chi connectivity index (χ3v) is 6.99. The molecule has 0 saturated carbocycles. The molecular weight excluding hydrogens is 410 g/mol. The lowest BCUT2D eigenvalue weighted by Gasteiger charge is -2.32. The summed E-state index contributed by atoms with van der Waals surface area (Å²) in [6.07, 6.45) is 0. The van der Waals surface area contributed by atoms with E-state index < -0.39 is 41.3 Å². The molecular formula is C24H23N3O5. The number of urea groups is 1. The molecule has 3 aliphatic rings. The number of amides is 5. The van der Waals surface area contributed by atoms with Gasteiger partial charge in [-0.1, -0.05) is 30.3 Å². The number of fused-ring (bicyclic) bond motifs is 3. The Labute approximate surface area is 185 Å². The van der Waals surface area contributed by atoms with Gasteiger partial charge in [-0.05, 0) is 43.7 Å². The molecule has 2 aromatic carbocycles. The van der Waals surface area contributed by atoms with Crippen LogP contribution in [-0.4, -0.2) is 52.7 Å². The molecule has 3 fully saturated rings. The molecule has 0 radical (unpaired) electrons. The molecule has 5 amide bonds. The zero-order valence-corrected chi connectivity index (χ0v) is 18.0. The molecule has 2 aromatic rings. The van der Waals surface area contributed by atoms with E-state index in [1.807, 2.05) is 0 Å². The van der Waals surface area contributed by atoms with Gasteiger partial charge in [-0.2, -0.15) is 0 Å². The Hall–Kier alpha value is -3.68. The van der Waals surface area contributed by atoms with E-state index in [4.69, 9.17) is 4.74 Å². The molecule has 0 aliphatic carbocycles. The average Bonchev–Trinajstić information content (AvgIpc) is 3.31. The van der Waals surface area contributed by atoms with Crippen molar-refractivity contribution in [3.05, 3.63) is 60.2 Å². The van der Waals surface area contributed by atoms with Crippen molar-refractivity contribution in [2.75, 3.05) is 18.6 Å². The summed E-state index contributed by atoms with van der Waals surface area (Å²) < 4.78 is 5.24. The fourth-order valence-electron chi connectivity index (χ4n) is 5.51. The summed E-state index contributed by atoms with van der Waals surface area (Å²) in [5.41, 5.74) is -0.342. The second-order valence-corrected chi connectivity index (χ2v) is 8.42. The number of para-hydroxylation sites is 1. The fourth-order valence-corrected chi connectivity index (χ4v) is 5.51. The highest BCUT2D eigenvalue weighted by Crippen LogP contribution is 2.58. The van der Waals surface area contributed by atoms with Crippen molar-refractivity contribution in [2.24, 2.45) is 11.8 Å². The van der Waals surface area contributed by atoms with Gasteiger partial charge in [0.15, 0.2) is 0 Å². The van der Waals surface area contributed by atoms with Crippen molar-refractivity contribution in [1.29, 1.82) is 0 Å². The number of likely N-dealkylation sites (tertiary alicyclic amines) is 1. The van der Waals surface area contributed by atoms with Gasteiger partial charge in [0.25, 0.3) is 5.91 Å². The molecule has 3 saturated heterocycles. The van der Waals surface area contributed by atoms with Crippen molar-refractivity contribution in [3.63, 3.8) is 0 Å². The second-order valence-electron chi connectivity index (χ2n) is 8.42. The van der Waals surface area contributed by atoms with Gasteiger partial charge in [0.2, 0.25) is 11.8 Å². The highest BCUT2D eigenvalue weighted by Gasteiger charge is 2.75. The first-order valence-electron chi connectivity index (χ1n) is 10.6.